The highest BCUT2D eigenvalue weighted by Gasteiger charge is 2.27. The van der Waals surface area contributed by atoms with E-state index in [2.05, 4.69) is 11.9 Å². The van der Waals surface area contributed by atoms with E-state index in [0.29, 0.717) is 30.8 Å². The van der Waals surface area contributed by atoms with Crippen molar-refractivity contribution >= 4 is 15.9 Å². The molecule has 2 aliphatic rings. The van der Waals surface area contributed by atoms with Crippen molar-refractivity contribution in [1.29, 1.82) is 0 Å². The molecular weight excluding hydrogens is 338 g/mol. The number of amides is 1. The fraction of sp³-hybridized carbons (Fsp3) is 0.611. The Morgan fingerprint density at radius 1 is 0.960 bits per heavy atom. The molecular formula is C18H27N3O3S. The summed E-state index contributed by atoms with van der Waals surface area (Å²) in [5, 5.41) is 0. The highest BCUT2D eigenvalue weighted by atomic mass is 32.2. The summed E-state index contributed by atoms with van der Waals surface area (Å²) in [6.45, 7) is 4.67. The second kappa shape index (κ2) is 7.85. The summed E-state index contributed by atoms with van der Waals surface area (Å²) in [4.78, 5) is 16.8. The van der Waals surface area contributed by atoms with Gasteiger partial charge in [-0.25, -0.2) is 8.42 Å². The summed E-state index contributed by atoms with van der Waals surface area (Å²) in [7, 11) is -1.29. The molecule has 1 aromatic carbocycles. The Morgan fingerprint density at radius 2 is 1.56 bits per heavy atom. The highest BCUT2D eigenvalue weighted by molar-refractivity contribution is 7.89. The van der Waals surface area contributed by atoms with Gasteiger partial charge in [0.05, 0.1) is 4.90 Å². The van der Waals surface area contributed by atoms with E-state index >= 15 is 0 Å². The van der Waals surface area contributed by atoms with Crippen LogP contribution in [0, 0.1) is 0 Å². The molecule has 2 fully saturated rings. The zero-order chi connectivity index (χ0) is 17.9. The van der Waals surface area contributed by atoms with Gasteiger partial charge in [0.1, 0.15) is 0 Å². The minimum Gasteiger partial charge on any atom is -0.340 e. The largest absolute Gasteiger partial charge is 0.340 e. The first-order chi connectivity index (χ1) is 12.0. The van der Waals surface area contributed by atoms with E-state index in [9.17, 15) is 13.2 Å². The second-order valence-electron chi connectivity index (χ2n) is 6.94. The van der Waals surface area contributed by atoms with Crippen LogP contribution in [-0.4, -0.2) is 74.7 Å². The van der Waals surface area contributed by atoms with E-state index in [4.69, 9.17) is 0 Å². The van der Waals surface area contributed by atoms with Crippen LogP contribution < -0.4 is 0 Å². The first kappa shape index (κ1) is 18.4. The third kappa shape index (κ3) is 4.40. The van der Waals surface area contributed by atoms with Gasteiger partial charge in [-0.1, -0.05) is 12.1 Å². The molecule has 138 valence electrons. The molecule has 2 saturated heterocycles. The summed E-state index contributed by atoms with van der Waals surface area (Å²) in [6.07, 6.45) is 2.99. The van der Waals surface area contributed by atoms with Gasteiger partial charge in [-0.05, 0) is 44.0 Å². The minimum absolute atomic E-state index is 0.182. The fourth-order valence-corrected chi connectivity index (χ4v) is 4.89. The van der Waals surface area contributed by atoms with Crippen molar-refractivity contribution in [2.24, 2.45) is 0 Å². The standard InChI is InChI=1S/C18H27N3O3S/c1-19-12-14-20(15-13-19)18(22)9-6-16-4-7-17(8-5-16)25(23,24)21-10-2-3-11-21/h4-5,7-8H,2-3,6,9-15H2,1H3. The molecule has 0 unspecified atom stereocenters. The Labute approximate surface area is 150 Å². The number of carbonyl (C=O) groups is 1. The maximum atomic E-state index is 12.5. The average Bonchev–Trinajstić information content (AvgIpc) is 3.16. The number of hydrogen-bond acceptors (Lipinski definition) is 4. The number of sulfonamides is 1. The van der Waals surface area contributed by atoms with Crippen LogP contribution in [0.3, 0.4) is 0 Å². The molecule has 0 atom stereocenters. The van der Waals surface area contributed by atoms with Gasteiger partial charge in [0, 0.05) is 45.7 Å². The normalized spacial score (nSPS) is 20.1. The number of piperazine rings is 1. The fourth-order valence-electron chi connectivity index (χ4n) is 3.37. The van der Waals surface area contributed by atoms with Crippen LogP contribution in [0.5, 0.6) is 0 Å². The summed E-state index contributed by atoms with van der Waals surface area (Å²) in [5.41, 5.74) is 1.00. The summed E-state index contributed by atoms with van der Waals surface area (Å²) in [6, 6.07) is 7.01. The molecule has 0 N–H and O–H groups in total. The lowest BCUT2D eigenvalue weighted by molar-refractivity contribution is -0.132. The van der Waals surface area contributed by atoms with E-state index in [-0.39, 0.29) is 5.91 Å². The van der Waals surface area contributed by atoms with Crippen molar-refractivity contribution in [1.82, 2.24) is 14.1 Å². The van der Waals surface area contributed by atoms with E-state index in [1.54, 1.807) is 16.4 Å². The Hall–Kier alpha value is -1.44. The monoisotopic (exact) mass is 365 g/mol. The van der Waals surface area contributed by atoms with Crippen LogP contribution in [0.4, 0.5) is 0 Å². The van der Waals surface area contributed by atoms with Crippen molar-refractivity contribution in [3.05, 3.63) is 29.8 Å². The number of rotatable bonds is 5. The molecule has 1 amide bonds. The van der Waals surface area contributed by atoms with Gasteiger partial charge in [0.15, 0.2) is 0 Å². The van der Waals surface area contributed by atoms with Gasteiger partial charge in [-0.3, -0.25) is 4.79 Å². The van der Waals surface area contributed by atoms with Crippen molar-refractivity contribution < 1.29 is 13.2 Å². The van der Waals surface area contributed by atoms with Crippen LogP contribution in [0.1, 0.15) is 24.8 Å². The van der Waals surface area contributed by atoms with Crippen LogP contribution >= 0.6 is 0 Å². The Balaban J connectivity index is 1.55. The van der Waals surface area contributed by atoms with Crippen LogP contribution in [0.2, 0.25) is 0 Å². The zero-order valence-corrected chi connectivity index (χ0v) is 15.7. The number of likely N-dealkylation sites (N-methyl/N-ethyl adjacent to an activating group) is 1. The van der Waals surface area contributed by atoms with E-state index in [1.165, 1.54) is 0 Å². The van der Waals surface area contributed by atoms with Gasteiger partial charge < -0.3 is 9.80 Å². The molecule has 7 heteroatoms. The summed E-state index contributed by atoms with van der Waals surface area (Å²) >= 11 is 0. The van der Waals surface area contributed by atoms with Gasteiger partial charge in [-0.2, -0.15) is 4.31 Å². The van der Waals surface area contributed by atoms with Gasteiger partial charge in [-0.15, -0.1) is 0 Å². The predicted octanol–water partition coefficient (Wildman–Crippen LogP) is 1.18. The number of nitrogens with zero attached hydrogens (tertiary/aromatic N) is 3. The lowest BCUT2D eigenvalue weighted by atomic mass is 10.1. The number of benzene rings is 1. The van der Waals surface area contributed by atoms with Crippen molar-refractivity contribution in [3.63, 3.8) is 0 Å². The molecule has 0 spiro atoms. The topological polar surface area (TPSA) is 60.9 Å². The van der Waals surface area contributed by atoms with Gasteiger partial charge in [0.25, 0.3) is 0 Å². The van der Waals surface area contributed by atoms with E-state index in [1.807, 2.05) is 17.0 Å². The highest BCUT2D eigenvalue weighted by Crippen LogP contribution is 2.21. The number of hydrogen-bond donors (Lipinski definition) is 0. The van der Waals surface area contributed by atoms with Crippen LogP contribution in [-0.2, 0) is 21.2 Å². The maximum Gasteiger partial charge on any atom is 0.243 e. The lowest BCUT2D eigenvalue weighted by Crippen LogP contribution is -2.47. The molecule has 2 aliphatic heterocycles. The van der Waals surface area contributed by atoms with Crippen molar-refractivity contribution in [3.8, 4) is 0 Å². The first-order valence-electron chi connectivity index (χ1n) is 9.02. The van der Waals surface area contributed by atoms with Crippen molar-refractivity contribution in [2.45, 2.75) is 30.6 Å². The average molecular weight is 365 g/mol. The Bertz CT molecular complexity index is 689. The third-order valence-corrected chi connectivity index (χ3v) is 7.02. The molecule has 25 heavy (non-hydrogen) atoms. The van der Waals surface area contributed by atoms with Crippen LogP contribution in [0.15, 0.2) is 29.2 Å². The molecule has 6 nitrogen and oxygen atoms in total. The zero-order valence-electron chi connectivity index (χ0n) is 14.9. The molecule has 0 bridgehead atoms. The number of carbonyl (C=O) groups excluding carboxylic acids is 1. The van der Waals surface area contributed by atoms with Crippen molar-refractivity contribution in [2.75, 3.05) is 46.3 Å². The second-order valence-corrected chi connectivity index (χ2v) is 8.88. The lowest BCUT2D eigenvalue weighted by Gasteiger charge is -2.32. The molecule has 3 rings (SSSR count). The molecule has 0 saturated carbocycles. The molecule has 2 heterocycles. The van der Waals surface area contributed by atoms with E-state index < -0.39 is 10.0 Å². The Kier molecular flexibility index (Phi) is 5.76. The van der Waals surface area contributed by atoms with Crippen LogP contribution in [0.25, 0.3) is 0 Å². The summed E-state index contributed by atoms with van der Waals surface area (Å²) < 4.78 is 26.6. The molecule has 1 aromatic rings. The SMILES string of the molecule is CN1CCN(C(=O)CCc2ccc(S(=O)(=O)N3CCCC3)cc2)CC1. The maximum absolute atomic E-state index is 12.5. The molecule has 0 radical (unpaired) electrons. The quantitative estimate of drug-likeness (QED) is 0.786. The minimum atomic E-state index is -3.36. The Morgan fingerprint density at radius 3 is 2.16 bits per heavy atom. The smallest absolute Gasteiger partial charge is 0.243 e. The molecule has 0 aliphatic carbocycles. The van der Waals surface area contributed by atoms with Gasteiger partial charge >= 0.3 is 0 Å². The molecule has 0 aromatic heterocycles. The third-order valence-electron chi connectivity index (χ3n) is 5.11. The number of aryl methyl sites for hydroxylation is 1. The van der Waals surface area contributed by atoms with E-state index in [0.717, 1.165) is 44.6 Å². The predicted molar refractivity (Wildman–Crippen MR) is 96.8 cm³/mol. The summed E-state index contributed by atoms with van der Waals surface area (Å²) in [5.74, 6) is 0.182. The first-order valence-corrected chi connectivity index (χ1v) is 10.5. The van der Waals surface area contributed by atoms with Gasteiger partial charge in [0.2, 0.25) is 15.9 Å².